The second kappa shape index (κ2) is 6.11. The van der Waals surface area contributed by atoms with Gasteiger partial charge < -0.3 is 0 Å². The van der Waals surface area contributed by atoms with Crippen molar-refractivity contribution in [3.63, 3.8) is 0 Å². The first-order chi connectivity index (χ1) is 12.4. The summed E-state index contributed by atoms with van der Waals surface area (Å²) in [7, 11) is -4.03. The highest BCUT2D eigenvalue weighted by Gasteiger charge is 2.72. The normalized spacial score (nSPS) is 33.1. The molecule has 0 amide bonds. The van der Waals surface area contributed by atoms with Gasteiger partial charge in [-0.25, -0.2) is 8.42 Å². The molecule has 1 fully saturated rings. The Morgan fingerprint density at radius 3 is 2.27 bits per heavy atom. The van der Waals surface area contributed by atoms with E-state index >= 15 is 0 Å². The van der Waals surface area contributed by atoms with Gasteiger partial charge in [0.15, 0.2) is 26.2 Å². The number of rotatable bonds is 4. The Hall–Kier alpha value is -1.31. The van der Waals surface area contributed by atoms with E-state index < -0.39 is 32.2 Å². The lowest BCUT2D eigenvalue weighted by Crippen LogP contribution is -2.60. The number of carbonyl (C=O) groups excluding carboxylic acids is 2. The number of thioether (sulfide) groups is 2. The van der Waals surface area contributed by atoms with E-state index in [1.165, 1.54) is 35.7 Å². The van der Waals surface area contributed by atoms with Crippen molar-refractivity contribution in [2.24, 2.45) is 17.8 Å². The molecule has 4 atom stereocenters. The average Bonchev–Trinajstić information content (AvgIpc) is 3.25. The molecule has 0 N–H and O–H groups in total. The van der Waals surface area contributed by atoms with Gasteiger partial charge in [-0.3, -0.25) is 9.59 Å². The lowest BCUT2D eigenvalue weighted by atomic mass is 9.73. The van der Waals surface area contributed by atoms with Crippen LogP contribution in [0.25, 0.3) is 0 Å². The van der Waals surface area contributed by atoms with E-state index in [0.717, 1.165) is 0 Å². The van der Waals surface area contributed by atoms with Crippen molar-refractivity contribution in [1.82, 2.24) is 0 Å². The van der Waals surface area contributed by atoms with E-state index in [-0.39, 0.29) is 16.6 Å². The molecule has 7 heteroatoms. The number of benzene rings is 1. The Morgan fingerprint density at radius 2 is 1.65 bits per heavy atom. The number of hydrogen-bond acceptors (Lipinski definition) is 6. The maximum absolute atomic E-state index is 13.7. The Kier molecular flexibility index (Phi) is 4.24. The molecule has 26 heavy (non-hydrogen) atoms. The third-order valence-corrected chi connectivity index (χ3v) is 10.0. The molecule has 0 radical (unpaired) electrons. The van der Waals surface area contributed by atoms with Gasteiger partial charge in [0.1, 0.15) is 0 Å². The number of fused-ring (bicyclic) bond motifs is 5. The number of sulfone groups is 1. The van der Waals surface area contributed by atoms with Gasteiger partial charge in [-0.1, -0.05) is 30.4 Å². The van der Waals surface area contributed by atoms with Crippen molar-refractivity contribution in [3.8, 4) is 0 Å². The summed E-state index contributed by atoms with van der Waals surface area (Å²) in [6.07, 6.45) is 7.77. The summed E-state index contributed by atoms with van der Waals surface area (Å²) in [6, 6.07) is 8.06. The highest BCUT2D eigenvalue weighted by Crippen LogP contribution is 2.61. The lowest BCUT2D eigenvalue weighted by molar-refractivity contribution is -0.128. The van der Waals surface area contributed by atoms with Gasteiger partial charge in [0.2, 0.25) is 0 Å². The predicted octanol–water partition coefficient (Wildman–Crippen LogP) is 3.11. The van der Waals surface area contributed by atoms with Crippen molar-refractivity contribution in [2.45, 2.75) is 16.1 Å². The molecule has 3 aliphatic rings. The molecular formula is C19H18O4S3. The Morgan fingerprint density at radius 1 is 1.00 bits per heavy atom. The molecule has 0 heterocycles. The molecule has 4 nitrogen and oxygen atoms in total. The van der Waals surface area contributed by atoms with Crippen LogP contribution in [0.5, 0.6) is 0 Å². The van der Waals surface area contributed by atoms with Crippen LogP contribution < -0.4 is 0 Å². The Bertz CT molecular complexity index is 962. The summed E-state index contributed by atoms with van der Waals surface area (Å²) in [5, 5.41) is 0. The summed E-state index contributed by atoms with van der Waals surface area (Å²) in [4.78, 5) is 27.7. The van der Waals surface area contributed by atoms with E-state index in [9.17, 15) is 18.0 Å². The molecule has 1 aromatic rings. The minimum absolute atomic E-state index is 0.111. The maximum atomic E-state index is 13.7. The van der Waals surface area contributed by atoms with Crippen LogP contribution in [-0.4, -0.2) is 37.2 Å². The number of Topliss-reactive ketones (excluding diaryl/α,β-unsaturated/α-hetero) is 2. The molecule has 1 saturated carbocycles. The Balaban J connectivity index is 2.04. The SMILES string of the molecule is CSC1=C(SC)C(=O)[C@]2(S(=O)(=O)c3ccccc3)[C@@H]3C=C[C@@H](C3)[C@@H]2C1=O. The van der Waals surface area contributed by atoms with Crippen LogP contribution in [0.2, 0.25) is 0 Å². The molecule has 2 bridgehead atoms. The van der Waals surface area contributed by atoms with Gasteiger partial charge in [0.25, 0.3) is 0 Å². The number of carbonyl (C=O) groups is 2. The van der Waals surface area contributed by atoms with Crippen LogP contribution in [0.15, 0.2) is 57.2 Å². The van der Waals surface area contributed by atoms with E-state index in [1.807, 2.05) is 12.2 Å². The largest absolute Gasteiger partial charge is 0.293 e. The Labute approximate surface area is 161 Å². The van der Waals surface area contributed by atoms with E-state index in [1.54, 1.807) is 30.7 Å². The monoisotopic (exact) mass is 406 g/mol. The molecule has 0 aliphatic heterocycles. The number of allylic oxidation sites excluding steroid dienone is 4. The first-order valence-electron chi connectivity index (χ1n) is 8.30. The molecule has 136 valence electrons. The van der Waals surface area contributed by atoms with Gasteiger partial charge in [0.05, 0.1) is 20.6 Å². The summed E-state index contributed by atoms with van der Waals surface area (Å²) in [6.45, 7) is 0. The van der Waals surface area contributed by atoms with E-state index in [2.05, 4.69) is 0 Å². The zero-order chi connectivity index (χ0) is 18.7. The molecule has 0 spiro atoms. The first kappa shape index (κ1) is 18.1. The molecular weight excluding hydrogens is 388 g/mol. The zero-order valence-corrected chi connectivity index (χ0v) is 16.8. The molecule has 3 aliphatic carbocycles. The van der Waals surface area contributed by atoms with Crippen LogP contribution in [-0.2, 0) is 19.4 Å². The highest BCUT2D eigenvalue weighted by atomic mass is 32.2. The van der Waals surface area contributed by atoms with Crippen molar-refractivity contribution >= 4 is 44.9 Å². The predicted molar refractivity (Wildman–Crippen MR) is 105 cm³/mol. The molecule has 0 saturated heterocycles. The van der Waals surface area contributed by atoms with Crippen LogP contribution in [0.4, 0.5) is 0 Å². The second-order valence-corrected chi connectivity index (χ2v) is 10.5. The van der Waals surface area contributed by atoms with Crippen LogP contribution >= 0.6 is 23.5 Å². The lowest BCUT2D eigenvalue weighted by Gasteiger charge is -2.42. The smallest absolute Gasteiger partial charge is 0.193 e. The van der Waals surface area contributed by atoms with Gasteiger partial charge in [-0.05, 0) is 37.0 Å². The third-order valence-electron chi connectivity index (χ3n) is 5.74. The van der Waals surface area contributed by atoms with Gasteiger partial charge >= 0.3 is 0 Å². The fraction of sp³-hybridized carbons (Fsp3) is 0.368. The minimum atomic E-state index is -4.03. The highest BCUT2D eigenvalue weighted by molar-refractivity contribution is 8.07. The summed E-state index contributed by atoms with van der Waals surface area (Å²) in [5.74, 6) is -2.07. The fourth-order valence-corrected chi connectivity index (χ4v) is 8.99. The van der Waals surface area contributed by atoms with Gasteiger partial charge in [0, 0.05) is 5.92 Å². The number of hydrogen-bond donors (Lipinski definition) is 0. The molecule has 1 aromatic carbocycles. The quantitative estimate of drug-likeness (QED) is 0.716. The molecule has 0 aromatic heterocycles. The van der Waals surface area contributed by atoms with Crippen molar-refractivity contribution < 1.29 is 18.0 Å². The minimum Gasteiger partial charge on any atom is -0.293 e. The van der Waals surface area contributed by atoms with Crippen molar-refractivity contribution in [1.29, 1.82) is 0 Å². The molecule has 4 rings (SSSR count). The summed E-state index contributed by atoms with van der Waals surface area (Å²) < 4.78 is 25.8. The average molecular weight is 407 g/mol. The van der Waals surface area contributed by atoms with E-state index in [4.69, 9.17) is 0 Å². The van der Waals surface area contributed by atoms with Crippen molar-refractivity contribution in [2.75, 3.05) is 12.5 Å². The van der Waals surface area contributed by atoms with Crippen molar-refractivity contribution in [3.05, 3.63) is 52.3 Å². The third kappa shape index (κ3) is 2.02. The topological polar surface area (TPSA) is 68.3 Å². The zero-order valence-electron chi connectivity index (χ0n) is 14.3. The summed E-state index contributed by atoms with van der Waals surface area (Å²) in [5.41, 5.74) is 0. The van der Waals surface area contributed by atoms with E-state index in [0.29, 0.717) is 16.2 Å². The first-order valence-corrected chi connectivity index (χ1v) is 12.2. The van der Waals surface area contributed by atoms with Crippen LogP contribution in [0, 0.1) is 17.8 Å². The van der Waals surface area contributed by atoms with Gasteiger partial charge in [-0.2, -0.15) is 0 Å². The maximum Gasteiger partial charge on any atom is 0.193 e. The standard InChI is InChI=1S/C19H18O4S3/c1-24-16-15(20)14-11-8-9-12(10-11)19(14,18(21)17(16)25-2)26(22,23)13-6-4-3-5-7-13/h3-9,11-12,14H,10H2,1-2H3/t11-,12+,14+,19-/m0/s1. The van der Waals surface area contributed by atoms with Crippen LogP contribution in [0.1, 0.15) is 6.42 Å². The second-order valence-electron chi connectivity index (χ2n) is 6.74. The summed E-state index contributed by atoms with van der Waals surface area (Å²) >= 11 is 2.42. The number of ketones is 2. The van der Waals surface area contributed by atoms with Crippen LogP contribution in [0.3, 0.4) is 0 Å². The van der Waals surface area contributed by atoms with Gasteiger partial charge in [-0.15, -0.1) is 23.5 Å². The fourth-order valence-electron chi connectivity index (χ4n) is 4.74. The molecule has 0 unspecified atom stereocenters.